The standard InChI is InChI=1S/C13H19N3O/c1-15(2)10-13(17)16-8-7-14-9-11-5-3-4-6-12(11)16/h3-6,14H,7-10H2,1-2H3. The SMILES string of the molecule is CN(C)CC(=O)N1CCNCc2ccccc21. The first-order valence-corrected chi connectivity index (χ1v) is 5.92. The third-order valence-electron chi connectivity index (χ3n) is 2.86. The predicted octanol–water partition coefficient (Wildman–Crippen LogP) is 0.684. The number of amides is 1. The fourth-order valence-electron chi connectivity index (χ4n) is 2.07. The molecule has 0 spiro atoms. The molecule has 0 aromatic heterocycles. The summed E-state index contributed by atoms with van der Waals surface area (Å²) in [6.07, 6.45) is 0. The van der Waals surface area contributed by atoms with Crippen LogP contribution in [-0.2, 0) is 11.3 Å². The third-order valence-corrected chi connectivity index (χ3v) is 2.86. The number of fused-ring (bicyclic) bond motifs is 1. The van der Waals surface area contributed by atoms with Crippen LogP contribution in [0.5, 0.6) is 0 Å². The Bertz CT molecular complexity index is 403. The van der Waals surface area contributed by atoms with Crippen molar-refractivity contribution in [1.29, 1.82) is 0 Å². The summed E-state index contributed by atoms with van der Waals surface area (Å²) >= 11 is 0. The summed E-state index contributed by atoms with van der Waals surface area (Å²) < 4.78 is 0. The lowest BCUT2D eigenvalue weighted by molar-refractivity contribution is -0.119. The van der Waals surface area contributed by atoms with Crippen molar-refractivity contribution in [3.63, 3.8) is 0 Å². The highest BCUT2D eigenvalue weighted by molar-refractivity contribution is 5.95. The zero-order chi connectivity index (χ0) is 12.3. The van der Waals surface area contributed by atoms with Crippen LogP contribution in [0.25, 0.3) is 0 Å². The summed E-state index contributed by atoms with van der Waals surface area (Å²) in [4.78, 5) is 16.0. The number of rotatable bonds is 2. The average Bonchev–Trinajstić information content (AvgIpc) is 2.50. The molecular formula is C13H19N3O. The van der Waals surface area contributed by atoms with E-state index in [1.807, 2.05) is 42.1 Å². The number of benzene rings is 1. The second-order valence-corrected chi connectivity index (χ2v) is 4.59. The molecule has 0 saturated carbocycles. The minimum atomic E-state index is 0.158. The van der Waals surface area contributed by atoms with Gasteiger partial charge in [-0.05, 0) is 25.7 Å². The van der Waals surface area contributed by atoms with E-state index in [2.05, 4.69) is 11.4 Å². The fraction of sp³-hybridized carbons (Fsp3) is 0.462. The fourth-order valence-corrected chi connectivity index (χ4v) is 2.07. The topological polar surface area (TPSA) is 35.6 Å². The van der Waals surface area contributed by atoms with Gasteiger partial charge in [-0.25, -0.2) is 0 Å². The van der Waals surface area contributed by atoms with Gasteiger partial charge in [-0.2, -0.15) is 0 Å². The van der Waals surface area contributed by atoms with Crippen LogP contribution in [0.1, 0.15) is 5.56 Å². The second-order valence-electron chi connectivity index (χ2n) is 4.59. The molecule has 1 heterocycles. The number of hydrogen-bond donors (Lipinski definition) is 1. The normalized spacial score (nSPS) is 15.6. The van der Waals surface area contributed by atoms with Crippen LogP contribution in [0.4, 0.5) is 5.69 Å². The molecule has 0 fully saturated rings. The molecule has 1 aromatic rings. The zero-order valence-corrected chi connectivity index (χ0v) is 10.4. The maximum atomic E-state index is 12.2. The van der Waals surface area contributed by atoms with Crippen molar-refractivity contribution in [2.45, 2.75) is 6.54 Å². The number of nitrogens with one attached hydrogen (secondary N) is 1. The van der Waals surface area contributed by atoms with Crippen molar-refractivity contribution in [2.24, 2.45) is 0 Å². The van der Waals surface area contributed by atoms with Crippen molar-refractivity contribution in [1.82, 2.24) is 10.2 Å². The number of para-hydroxylation sites is 1. The van der Waals surface area contributed by atoms with Gasteiger partial charge in [-0.3, -0.25) is 4.79 Å². The first-order chi connectivity index (χ1) is 8.18. The molecule has 1 aromatic carbocycles. The summed E-state index contributed by atoms with van der Waals surface area (Å²) in [7, 11) is 3.83. The number of carbonyl (C=O) groups is 1. The van der Waals surface area contributed by atoms with Crippen molar-refractivity contribution in [3.8, 4) is 0 Å². The monoisotopic (exact) mass is 233 g/mol. The Balaban J connectivity index is 2.25. The van der Waals surface area contributed by atoms with Gasteiger partial charge in [-0.15, -0.1) is 0 Å². The van der Waals surface area contributed by atoms with Crippen molar-refractivity contribution >= 4 is 11.6 Å². The van der Waals surface area contributed by atoms with E-state index in [9.17, 15) is 4.79 Å². The van der Waals surface area contributed by atoms with E-state index in [-0.39, 0.29) is 5.91 Å². The van der Waals surface area contributed by atoms with E-state index in [4.69, 9.17) is 0 Å². The van der Waals surface area contributed by atoms with Gasteiger partial charge in [0.25, 0.3) is 0 Å². The number of carbonyl (C=O) groups excluding carboxylic acids is 1. The lowest BCUT2D eigenvalue weighted by atomic mass is 10.1. The summed E-state index contributed by atoms with van der Waals surface area (Å²) in [5, 5.41) is 3.33. The van der Waals surface area contributed by atoms with E-state index in [0.717, 1.165) is 25.3 Å². The molecule has 17 heavy (non-hydrogen) atoms. The molecule has 0 radical (unpaired) electrons. The molecular weight excluding hydrogens is 214 g/mol. The van der Waals surface area contributed by atoms with Gasteiger partial charge in [0.15, 0.2) is 0 Å². The Hall–Kier alpha value is -1.39. The van der Waals surface area contributed by atoms with Crippen molar-refractivity contribution in [2.75, 3.05) is 38.6 Å². The van der Waals surface area contributed by atoms with Crippen molar-refractivity contribution in [3.05, 3.63) is 29.8 Å². The summed E-state index contributed by atoms with van der Waals surface area (Å²) in [6, 6.07) is 8.10. The van der Waals surface area contributed by atoms with Gasteiger partial charge in [0, 0.05) is 25.3 Å². The molecule has 4 heteroatoms. The van der Waals surface area contributed by atoms with Gasteiger partial charge >= 0.3 is 0 Å². The van der Waals surface area contributed by atoms with Crippen LogP contribution in [0.15, 0.2) is 24.3 Å². The highest BCUT2D eigenvalue weighted by Crippen LogP contribution is 2.22. The Morgan fingerprint density at radius 3 is 2.94 bits per heavy atom. The molecule has 0 unspecified atom stereocenters. The van der Waals surface area contributed by atoms with Gasteiger partial charge in [0.1, 0.15) is 0 Å². The molecule has 1 N–H and O–H groups in total. The summed E-state index contributed by atoms with van der Waals surface area (Å²) in [6.45, 7) is 2.87. The van der Waals surface area contributed by atoms with Gasteiger partial charge in [-0.1, -0.05) is 18.2 Å². The van der Waals surface area contributed by atoms with E-state index >= 15 is 0 Å². The molecule has 92 valence electrons. The zero-order valence-electron chi connectivity index (χ0n) is 10.4. The molecule has 0 saturated heterocycles. The van der Waals surface area contributed by atoms with Crippen LogP contribution in [0.2, 0.25) is 0 Å². The average molecular weight is 233 g/mol. The quantitative estimate of drug-likeness (QED) is 0.816. The van der Waals surface area contributed by atoms with Gasteiger partial charge in [0.2, 0.25) is 5.91 Å². The van der Waals surface area contributed by atoms with E-state index < -0.39 is 0 Å². The number of nitrogens with zero attached hydrogens (tertiary/aromatic N) is 2. The van der Waals surface area contributed by atoms with Crippen LogP contribution in [-0.4, -0.2) is 44.5 Å². The lowest BCUT2D eigenvalue weighted by Gasteiger charge is -2.24. The largest absolute Gasteiger partial charge is 0.311 e. The first-order valence-electron chi connectivity index (χ1n) is 5.92. The Kier molecular flexibility index (Phi) is 3.76. The highest BCUT2D eigenvalue weighted by Gasteiger charge is 2.20. The molecule has 2 rings (SSSR count). The van der Waals surface area contributed by atoms with Crippen LogP contribution in [0, 0.1) is 0 Å². The molecule has 1 aliphatic rings. The smallest absolute Gasteiger partial charge is 0.241 e. The van der Waals surface area contributed by atoms with Crippen LogP contribution < -0.4 is 10.2 Å². The molecule has 0 atom stereocenters. The van der Waals surface area contributed by atoms with E-state index in [0.29, 0.717) is 6.54 Å². The van der Waals surface area contributed by atoms with E-state index in [1.54, 1.807) is 0 Å². The summed E-state index contributed by atoms with van der Waals surface area (Å²) in [5.41, 5.74) is 2.24. The van der Waals surface area contributed by atoms with Crippen LogP contribution in [0.3, 0.4) is 0 Å². The van der Waals surface area contributed by atoms with Gasteiger partial charge in [0.05, 0.1) is 6.54 Å². The number of likely N-dealkylation sites (N-methyl/N-ethyl adjacent to an activating group) is 1. The van der Waals surface area contributed by atoms with Gasteiger partial charge < -0.3 is 15.1 Å². The van der Waals surface area contributed by atoms with Crippen LogP contribution >= 0.6 is 0 Å². The Labute approximate surface area is 102 Å². The molecule has 1 aliphatic heterocycles. The third kappa shape index (κ3) is 2.84. The number of anilines is 1. The second kappa shape index (κ2) is 5.29. The summed E-state index contributed by atoms with van der Waals surface area (Å²) in [5.74, 6) is 0.158. The molecule has 0 aliphatic carbocycles. The molecule has 4 nitrogen and oxygen atoms in total. The van der Waals surface area contributed by atoms with Crippen molar-refractivity contribution < 1.29 is 4.79 Å². The minimum absolute atomic E-state index is 0.158. The maximum Gasteiger partial charge on any atom is 0.241 e. The lowest BCUT2D eigenvalue weighted by Crippen LogP contribution is -2.40. The van der Waals surface area contributed by atoms with E-state index in [1.165, 1.54) is 5.56 Å². The Morgan fingerprint density at radius 2 is 2.18 bits per heavy atom. The number of hydrogen-bond acceptors (Lipinski definition) is 3. The Morgan fingerprint density at radius 1 is 1.41 bits per heavy atom. The molecule has 0 bridgehead atoms. The predicted molar refractivity (Wildman–Crippen MR) is 69.1 cm³/mol. The minimum Gasteiger partial charge on any atom is -0.311 e. The molecule has 1 amide bonds. The highest BCUT2D eigenvalue weighted by atomic mass is 16.2. The first kappa shape index (κ1) is 12.1. The maximum absolute atomic E-state index is 12.2.